The van der Waals surface area contributed by atoms with E-state index in [0.29, 0.717) is 40.3 Å². The first-order valence-electron chi connectivity index (χ1n) is 5.13. The zero-order chi connectivity index (χ0) is 12.6. The molecule has 0 aromatic heterocycles. The lowest BCUT2D eigenvalue weighted by Gasteiger charge is -2.19. The minimum Gasteiger partial charge on any atom is -0.399 e. The van der Waals surface area contributed by atoms with Crippen molar-refractivity contribution in [2.75, 3.05) is 23.1 Å². The molecule has 0 aliphatic carbocycles. The van der Waals surface area contributed by atoms with Gasteiger partial charge in [-0.15, -0.1) is 11.6 Å². The number of halogens is 3. The van der Waals surface area contributed by atoms with Crippen LogP contribution < -0.4 is 10.6 Å². The maximum Gasteiger partial charge on any atom is 0.227 e. The molecule has 0 spiro atoms. The summed E-state index contributed by atoms with van der Waals surface area (Å²) in [5.74, 6) is 0.588. The highest BCUT2D eigenvalue weighted by atomic mass is 35.5. The van der Waals surface area contributed by atoms with E-state index in [0.717, 1.165) is 0 Å². The summed E-state index contributed by atoms with van der Waals surface area (Å²) in [6.45, 7) is 0.547. The highest BCUT2D eigenvalue weighted by Gasteiger charge is 2.32. The maximum atomic E-state index is 11.9. The van der Waals surface area contributed by atoms with Gasteiger partial charge in [-0.05, 0) is 18.1 Å². The summed E-state index contributed by atoms with van der Waals surface area (Å²) in [5, 5.41) is 0.775. The molecule has 1 aliphatic rings. The molecule has 1 heterocycles. The maximum absolute atomic E-state index is 11.9. The molecule has 1 amide bonds. The van der Waals surface area contributed by atoms with Crippen LogP contribution in [0.4, 0.5) is 11.4 Å². The fourth-order valence-corrected chi connectivity index (χ4v) is 2.86. The van der Waals surface area contributed by atoms with Crippen molar-refractivity contribution in [3.63, 3.8) is 0 Å². The number of carbonyl (C=O) groups is 1. The largest absolute Gasteiger partial charge is 0.399 e. The molecule has 1 aliphatic heterocycles. The van der Waals surface area contributed by atoms with E-state index in [1.165, 1.54) is 0 Å². The van der Waals surface area contributed by atoms with Crippen molar-refractivity contribution in [3.8, 4) is 0 Å². The van der Waals surface area contributed by atoms with Crippen LogP contribution in [0.3, 0.4) is 0 Å². The second-order valence-corrected chi connectivity index (χ2v) is 5.18. The van der Waals surface area contributed by atoms with E-state index >= 15 is 0 Å². The molecule has 3 nitrogen and oxygen atoms in total. The molecule has 1 saturated heterocycles. The van der Waals surface area contributed by atoms with E-state index < -0.39 is 0 Å². The summed E-state index contributed by atoms with van der Waals surface area (Å²) in [4.78, 5) is 13.4. The molecule has 1 aromatic rings. The monoisotopic (exact) mass is 292 g/mol. The molecule has 1 fully saturated rings. The molecule has 17 heavy (non-hydrogen) atoms. The summed E-state index contributed by atoms with van der Waals surface area (Å²) in [7, 11) is 0. The van der Waals surface area contributed by atoms with Crippen LogP contribution in [0, 0.1) is 5.92 Å². The van der Waals surface area contributed by atoms with Crippen molar-refractivity contribution in [1.82, 2.24) is 0 Å². The minimum atomic E-state index is -0.00998. The first-order valence-corrected chi connectivity index (χ1v) is 6.42. The van der Waals surface area contributed by atoms with E-state index in [4.69, 9.17) is 40.5 Å². The minimum absolute atomic E-state index is 0.00998. The Hall–Kier alpha value is -0.640. The van der Waals surface area contributed by atoms with Crippen molar-refractivity contribution in [1.29, 1.82) is 0 Å². The van der Waals surface area contributed by atoms with Gasteiger partial charge in [0.25, 0.3) is 0 Å². The Bertz CT molecular complexity index is 441. The fraction of sp³-hybridized carbons (Fsp3) is 0.364. The Morgan fingerprint density at radius 3 is 2.41 bits per heavy atom. The van der Waals surface area contributed by atoms with Crippen LogP contribution in [0.15, 0.2) is 12.1 Å². The normalized spacial score (nSPS) is 20.1. The fourth-order valence-electron chi connectivity index (χ4n) is 1.94. The lowest BCUT2D eigenvalue weighted by atomic mass is 10.1. The average Bonchev–Trinajstić information content (AvgIpc) is 2.59. The summed E-state index contributed by atoms with van der Waals surface area (Å²) in [6, 6.07) is 3.17. The highest BCUT2D eigenvalue weighted by molar-refractivity contribution is 6.40. The van der Waals surface area contributed by atoms with E-state index in [1.54, 1.807) is 17.0 Å². The predicted molar refractivity (Wildman–Crippen MR) is 72.1 cm³/mol. The number of amides is 1. The van der Waals surface area contributed by atoms with Gasteiger partial charge in [-0.1, -0.05) is 23.2 Å². The number of rotatable bonds is 2. The molecule has 2 N–H and O–H groups in total. The van der Waals surface area contributed by atoms with Crippen LogP contribution in [0.25, 0.3) is 0 Å². The number of anilines is 2. The van der Waals surface area contributed by atoms with Crippen LogP contribution >= 0.6 is 34.8 Å². The topological polar surface area (TPSA) is 46.3 Å². The van der Waals surface area contributed by atoms with E-state index in [9.17, 15) is 4.79 Å². The van der Waals surface area contributed by atoms with Gasteiger partial charge >= 0.3 is 0 Å². The second kappa shape index (κ2) is 4.92. The standard InChI is InChI=1S/C11H11Cl3N2O/c12-4-6-1-10(17)16(5-6)11-8(13)2-7(15)3-9(11)14/h2-3,6H,1,4-5,15H2. The molecular weight excluding hydrogens is 282 g/mol. The predicted octanol–water partition coefficient (Wildman–Crippen LogP) is 3.17. The lowest BCUT2D eigenvalue weighted by molar-refractivity contribution is -0.117. The third-order valence-electron chi connectivity index (χ3n) is 2.73. The second-order valence-electron chi connectivity index (χ2n) is 4.06. The van der Waals surface area contributed by atoms with Gasteiger partial charge in [0.2, 0.25) is 5.91 Å². The van der Waals surface area contributed by atoms with Crippen molar-refractivity contribution >= 4 is 52.1 Å². The van der Waals surface area contributed by atoms with Gasteiger partial charge in [-0.2, -0.15) is 0 Å². The SMILES string of the molecule is Nc1cc(Cl)c(N2CC(CCl)CC2=O)c(Cl)c1. The van der Waals surface area contributed by atoms with Gasteiger partial charge in [-0.25, -0.2) is 0 Å². The molecule has 2 rings (SSSR count). The zero-order valence-electron chi connectivity index (χ0n) is 8.92. The molecule has 92 valence electrons. The van der Waals surface area contributed by atoms with Crippen LogP contribution in [-0.4, -0.2) is 18.3 Å². The summed E-state index contributed by atoms with van der Waals surface area (Å²) < 4.78 is 0. The number of nitrogens with zero attached hydrogens (tertiary/aromatic N) is 1. The number of hydrogen-bond donors (Lipinski definition) is 1. The lowest BCUT2D eigenvalue weighted by Crippen LogP contribution is -2.25. The smallest absolute Gasteiger partial charge is 0.227 e. The molecule has 0 bridgehead atoms. The number of carbonyl (C=O) groups excluding carboxylic acids is 1. The first-order chi connectivity index (χ1) is 8.02. The van der Waals surface area contributed by atoms with Gasteiger partial charge in [0.1, 0.15) is 0 Å². The Morgan fingerprint density at radius 2 is 1.94 bits per heavy atom. The third kappa shape index (κ3) is 2.46. The summed E-state index contributed by atoms with van der Waals surface area (Å²) in [6.07, 6.45) is 0.431. The van der Waals surface area contributed by atoms with E-state index in [-0.39, 0.29) is 11.8 Å². The average molecular weight is 294 g/mol. The molecule has 1 atom stereocenters. The van der Waals surface area contributed by atoms with Crippen LogP contribution in [0.5, 0.6) is 0 Å². The highest BCUT2D eigenvalue weighted by Crippen LogP contribution is 2.38. The number of hydrogen-bond acceptors (Lipinski definition) is 2. The Morgan fingerprint density at radius 1 is 1.35 bits per heavy atom. The Kier molecular flexibility index (Phi) is 3.71. The zero-order valence-corrected chi connectivity index (χ0v) is 11.2. The van der Waals surface area contributed by atoms with Crippen molar-refractivity contribution in [2.24, 2.45) is 5.92 Å². The van der Waals surface area contributed by atoms with Gasteiger partial charge in [0.15, 0.2) is 0 Å². The van der Waals surface area contributed by atoms with Crippen molar-refractivity contribution in [3.05, 3.63) is 22.2 Å². The third-order valence-corrected chi connectivity index (χ3v) is 3.75. The molecule has 0 saturated carbocycles. The van der Waals surface area contributed by atoms with Crippen molar-refractivity contribution < 1.29 is 4.79 Å². The quantitative estimate of drug-likeness (QED) is 0.672. The number of benzene rings is 1. The molecule has 6 heteroatoms. The van der Waals surface area contributed by atoms with Gasteiger partial charge in [0, 0.05) is 24.5 Å². The van der Waals surface area contributed by atoms with Crippen molar-refractivity contribution in [2.45, 2.75) is 6.42 Å². The first kappa shape index (κ1) is 12.8. The van der Waals surface area contributed by atoms with Gasteiger partial charge in [-0.3, -0.25) is 4.79 Å². The Labute approximate surface area is 114 Å². The van der Waals surface area contributed by atoms with Gasteiger partial charge < -0.3 is 10.6 Å². The van der Waals surface area contributed by atoms with Crippen LogP contribution in [0.2, 0.25) is 10.0 Å². The summed E-state index contributed by atoms with van der Waals surface area (Å²) >= 11 is 17.9. The number of nitrogens with two attached hydrogens (primary N) is 1. The molecule has 0 radical (unpaired) electrons. The van der Waals surface area contributed by atoms with E-state index in [1.807, 2.05) is 0 Å². The number of nitrogen functional groups attached to an aromatic ring is 1. The van der Waals surface area contributed by atoms with Crippen LogP contribution in [-0.2, 0) is 4.79 Å². The molecular formula is C11H11Cl3N2O. The summed E-state index contributed by atoms with van der Waals surface area (Å²) in [5.41, 5.74) is 6.63. The Balaban J connectivity index is 2.38. The van der Waals surface area contributed by atoms with E-state index in [2.05, 4.69) is 0 Å². The van der Waals surface area contributed by atoms with Gasteiger partial charge in [0.05, 0.1) is 15.7 Å². The number of alkyl halides is 1. The van der Waals surface area contributed by atoms with Crippen LogP contribution in [0.1, 0.15) is 6.42 Å². The molecule has 1 aromatic carbocycles. The molecule has 1 unspecified atom stereocenters.